The van der Waals surface area contributed by atoms with Crippen LogP contribution in [0.4, 0.5) is 0 Å². The molecule has 128 valence electrons. The Bertz CT molecular complexity index is 429. The van der Waals surface area contributed by atoms with E-state index in [9.17, 15) is 0 Å². The molecule has 0 saturated heterocycles. The summed E-state index contributed by atoms with van der Waals surface area (Å²) in [6, 6.07) is 0. The van der Waals surface area contributed by atoms with Crippen LogP contribution in [0.15, 0.2) is 10.4 Å². The van der Waals surface area contributed by atoms with Gasteiger partial charge in [-0.15, -0.1) is 35.3 Å². The number of hydrogen-bond acceptors (Lipinski definition) is 5. The molecule has 0 bridgehead atoms. The van der Waals surface area contributed by atoms with Crippen molar-refractivity contribution >= 4 is 41.3 Å². The molecule has 0 unspecified atom stereocenters. The number of hydrogen-bond donors (Lipinski definition) is 1. The van der Waals surface area contributed by atoms with Crippen LogP contribution in [0.25, 0.3) is 0 Å². The highest BCUT2D eigenvalue weighted by molar-refractivity contribution is 14.0. The Balaban J connectivity index is 0.00000441. The van der Waals surface area contributed by atoms with Gasteiger partial charge in [0.05, 0.1) is 43.6 Å². The summed E-state index contributed by atoms with van der Waals surface area (Å²) in [5, 5.41) is 6.46. The van der Waals surface area contributed by atoms with Crippen LogP contribution in [0.1, 0.15) is 17.6 Å². The zero-order valence-electron chi connectivity index (χ0n) is 13.8. The molecule has 0 aliphatic carbocycles. The molecule has 1 heterocycles. The van der Waals surface area contributed by atoms with E-state index in [1.54, 1.807) is 18.4 Å². The van der Waals surface area contributed by atoms with Crippen LogP contribution < -0.4 is 5.32 Å². The standard InChI is InChI=1S/C14H26N4O2S.HI/c1-5-15-14(16-6-7-20-9-8-19-4)18(3)10-13-11-21-12(2)17-13;/h11H,5-10H2,1-4H3,(H,15,16);1H. The lowest BCUT2D eigenvalue weighted by molar-refractivity contribution is 0.0747. The number of nitrogens with zero attached hydrogens (tertiary/aromatic N) is 3. The zero-order valence-corrected chi connectivity index (χ0v) is 16.9. The van der Waals surface area contributed by atoms with Gasteiger partial charge in [-0.3, -0.25) is 4.99 Å². The van der Waals surface area contributed by atoms with Crippen LogP contribution in [0, 0.1) is 6.92 Å². The van der Waals surface area contributed by atoms with Crippen molar-refractivity contribution in [3.8, 4) is 0 Å². The fourth-order valence-corrected chi connectivity index (χ4v) is 2.33. The summed E-state index contributed by atoms with van der Waals surface area (Å²) in [5.41, 5.74) is 1.07. The Morgan fingerprint density at radius 3 is 2.77 bits per heavy atom. The number of nitrogens with one attached hydrogen (secondary N) is 1. The van der Waals surface area contributed by atoms with Gasteiger partial charge in [-0.2, -0.15) is 0 Å². The fraction of sp³-hybridized carbons (Fsp3) is 0.714. The first-order valence-electron chi connectivity index (χ1n) is 7.14. The Hall–Kier alpha value is -0.450. The first-order valence-corrected chi connectivity index (χ1v) is 8.02. The highest BCUT2D eigenvalue weighted by Crippen LogP contribution is 2.09. The third-order valence-electron chi connectivity index (χ3n) is 2.69. The van der Waals surface area contributed by atoms with Gasteiger partial charge in [0.1, 0.15) is 0 Å². The molecule has 0 amide bonds. The number of aromatic nitrogens is 1. The van der Waals surface area contributed by atoms with Gasteiger partial charge in [-0.25, -0.2) is 4.98 Å². The first kappa shape index (κ1) is 21.6. The van der Waals surface area contributed by atoms with Crippen LogP contribution >= 0.6 is 35.3 Å². The lowest BCUT2D eigenvalue weighted by atomic mass is 10.4. The number of guanidine groups is 1. The predicted molar refractivity (Wildman–Crippen MR) is 102 cm³/mol. The molecule has 8 heteroatoms. The van der Waals surface area contributed by atoms with E-state index in [1.165, 1.54) is 0 Å². The van der Waals surface area contributed by atoms with Crippen LogP contribution in [0.2, 0.25) is 0 Å². The van der Waals surface area contributed by atoms with E-state index >= 15 is 0 Å². The average molecular weight is 442 g/mol. The third kappa shape index (κ3) is 8.86. The molecule has 0 saturated carbocycles. The molecule has 1 aromatic rings. The van der Waals surface area contributed by atoms with Crippen molar-refractivity contribution in [2.45, 2.75) is 20.4 Å². The van der Waals surface area contributed by atoms with Gasteiger partial charge in [-0.1, -0.05) is 0 Å². The molecule has 0 spiro atoms. The van der Waals surface area contributed by atoms with E-state index < -0.39 is 0 Å². The fourth-order valence-electron chi connectivity index (χ4n) is 1.73. The van der Waals surface area contributed by atoms with Crippen LogP contribution in [-0.4, -0.2) is 62.9 Å². The Labute approximate surface area is 154 Å². The lowest BCUT2D eigenvalue weighted by Gasteiger charge is -2.21. The highest BCUT2D eigenvalue weighted by atomic mass is 127. The minimum atomic E-state index is 0. The number of thiazole rings is 1. The molecule has 0 aliphatic rings. The van der Waals surface area contributed by atoms with E-state index in [0.29, 0.717) is 26.4 Å². The summed E-state index contributed by atoms with van der Waals surface area (Å²) < 4.78 is 10.3. The van der Waals surface area contributed by atoms with E-state index in [-0.39, 0.29) is 24.0 Å². The number of rotatable bonds is 9. The quantitative estimate of drug-likeness (QED) is 0.275. The second-order valence-electron chi connectivity index (χ2n) is 4.55. The molecule has 0 radical (unpaired) electrons. The molecular formula is C14H27IN4O2S. The smallest absolute Gasteiger partial charge is 0.194 e. The molecule has 22 heavy (non-hydrogen) atoms. The number of aliphatic imine (C=N–C) groups is 1. The monoisotopic (exact) mass is 442 g/mol. The van der Waals surface area contributed by atoms with E-state index in [4.69, 9.17) is 9.47 Å². The molecular weight excluding hydrogens is 415 g/mol. The Morgan fingerprint density at radius 2 is 2.18 bits per heavy atom. The van der Waals surface area contributed by atoms with Crippen molar-refractivity contribution in [3.05, 3.63) is 16.1 Å². The molecule has 0 atom stereocenters. The molecule has 0 fully saturated rings. The summed E-state index contributed by atoms with van der Waals surface area (Å²) in [6.07, 6.45) is 0. The van der Waals surface area contributed by atoms with Crippen molar-refractivity contribution < 1.29 is 9.47 Å². The zero-order chi connectivity index (χ0) is 15.5. The van der Waals surface area contributed by atoms with E-state index in [0.717, 1.165) is 29.8 Å². The summed E-state index contributed by atoms with van der Waals surface area (Å²) in [6.45, 7) is 8.12. The summed E-state index contributed by atoms with van der Waals surface area (Å²) in [7, 11) is 3.68. The van der Waals surface area contributed by atoms with Crippen molar-refractivity contribution in [2.75, 3.05) is 47.1 Å². The molecule has 0 aromatic carbocycles. The van der Waals surface area contributed by atoms with Crippen molar-refractivity contribution in [1.82, 2.24) is 15.2 Å². The molecule has 0 aliphatic heterocycles. The largest absolute Gasteiger partial charge is 0.382 e. The minimum Gasteiger partial charge on any atom is -0.382 e. The number of halogens is 1. The maximum atomic E-state index is 5.41. The van der Waals surface area contributed by atoms with Crippen molar-refractivity contribution in [1.29, 1.82) is 0 Å². The van der Waals surface area contributed by atoms with Gasteiger partial charge in [0.25, 0.3) is 0 Å². The maximum absolute atomic E-state index is 5.41. The number of methoxy groups -OCH3 is 1. The van der Waals surface area contributed by atoms with Gasteiger partial charge < -0.3 is 19.7 Å². The minimum absolute atomic E-state index is 0. The van der Waals surface area contributed by atoms with Gasteiger partial charge >= 0.3 is 0 Å². The number of ether oxygens (including phenoxy) is 2. The summed E-state index contributed by atoms with van der Waals surface area (Å²) >= 11 is 1.67. The Kier molecular flexibility index (Phi) is 12.8. The molecule has 6 nitrogen and oxygen atoms in total. The molecule has 1 rings (SSSR count). The normalized spacial score (nSPS) is 11.2. The van der Waals surface area contributed by atoms with Crippen LogP contribution in [0.5, 0.6) is 0 Å². The molecule has 1 aromatic heterocycles. The lowest BCUT2D eigenvalue weighted by Crippen LogP contribution is -2.38. The molecule has 1 N–H and O–H groups in total. The SMILES string of the molecule is CCNC(=NCCOCCOC)N(C)Cc1csc(C)n1.I. The number of aryl methyl sites for hydroxylation is 1. The van der Waals surface area contributed by atoms with E-state index in [2.05, 4.69) is 32.5 Å². The second kappa shape index (κ2) is 13.0. The van der Waals surface area contributed by atoms with E-state index in [1.807, 2.05) is 14.0 Å². The first-order chi connectivity index (χ1) is 10.2. The topological polar surface area (TPSA) is 59.0 Å². The maximum Gasteiger partial charge on any atom is 0.194 e. The average Bonchev–Trinajstić information content (AvgIpc) is 2.86. The highest BCUT2D eigenvalue weighted by Gasteiger charge is 2.08. The van der Waals surface area contributed by atoms with Gasteiger partial charge in [0, 0.05) is 26.1 Å². The van der Waals surface area contributed by atoms with Gasteiger partial charge in [-0.05, 0) is 13.8 Å². The van der Waals surface area contributed by atoms with Crippen LogP contribution in [0.3, 0.4) is 0 Å². The third-order valence-corrected chi connectivity index (χ3v) is 3.51. The van der Waals surface area contributed by atoms with Crippen molar-refractivity contribution in [3.63, 3.8) is 0 Å². The Morgan fingerprint density at radius 1 is 1.41 bits per heavy atom. The van der Waals surface area contributed by atoms with Crippen LogP contribution in [-0.2, 0) is 16.0 Å². The second-order valence-corrected chi connectivity index (χ2v) is 5.62. The van der Waals surface area contributed by atoms with Crippen molar-refractivity contribution in [2.24, 2.45) is 4.99 Å². The van der Waals surface area contributed by atoms with Gasteiger partial charge in [0.15, 0.2) is 5.96 Å². The summed E-state index contributed by atoms with van der Waals surface area (Å²) in [4.78, 5) is 11.1. The predicted octanol–water partition coefficient (Wildman–Crippen LogP) is 2.13. The summed E-state index contributed by atoms with van der Waals surface area (Å²) in [5.74, 6) is 0.874. The van der Waals surface area contributed by atoms with Gasteiger partial charge in [0.2, 0.25) is 0 Å².